The lowest BCUT2D eigenvalue weighted by Crippen LogP contribution is -2.02. The van der Waals surface area contributed by atoms with Crippen LogP contribution in [0.15, 0.2) is 45.3 Å². The van der Waals surface area contributed by atoms with Crippen molar-refractivity contribution in [3.05, 3.63) is 62.5 Å². The summed E-state index contributed by atoms with van der Waals surface area (Å²) in [7, 11) is 0. The Morgan fingerprint density at radius 2 is 1.78 bits per heavy atom. The molecule has 0 amide bonds. The van der Waals surface area contributed by atoms with E-state index in [-0.39, 0.29) is 0 Å². The number of halogens is 4. The highest BCUT2D eigenvalue weighted by molar-refractivity contribution is 9.11. The fourth-order valence-electron chi connectivity index (χ4n) is 1.49. The molecule has 2 aromatic rings. The van der Waals surface area contributed by atoms with Gasteiger partial charge >= 0.3 is 0 Å². The highest BCUT2D eigenvalue weighted by Crippen LogP contribution is 2.26. The summed E-state index contributed by atoms with van der Waals surface area (Å²) in [5, 5.41) is 3.09. The van der Waals surface area contributed by atoms with Crippen molar-refractivity contribution in [3.8, 4) is 0 Å². The number of rotatable bonds is 3. The lowest BCUT2D eigenvalue weighted by Gasteiger charge is -2.10. The summed E-state index contributed by atoms with van der Waals surface area (Å²) in [6.45, 7) is 0.293. The van der Waals surface area contributed by atoms with Crippen LogP contribution >= 0.6 is 31.9 Å². The van der Waals surface area contributed by atoms with Gasteiger partial charge in [-0.05, 0) is 40.2 Å². The van der Waals surface area contributed by atoms with Gasteiger partial charge in [-0.25, -0.2) is 8.78 Å². The standard InChI is InChI=1S/C13H9Br2F2N/c14-9-2-4-11(15)13(5-9)18-7-8-1-3-10(16)6-12(8)17/h1-6,18H,7H2. The van der Waals surface area contributed by atoms with Crippen molar-refractivity contribution < 1.29 is 8.78 Å². The molecule has 0 radical (unpaired) electrons. The van der Waals surface area contributed by atoms with Gasteiger partial charge in [-0.15, -0.1) is 0 Å². The van der Waals surface area contributed by atoms with E-state index in [1.807, 2.05) is 18.2 Å². The van der Waals surface area contributed by atoms with Gasteiger partial charge < -0.3 is 5.32 Å². The first-order valence-corrected chi connectivity index (χ1v) is 6.78. The lowest BCUT2D eigenvalue weighted by molar-refractivity contribution is 0.574. The molecule has 94 valence electrons. The monoisotopic (exact) mass is 375 g/mol. The second-order valence-electron chi connectivity index (χ2n) is 3.71. The SMILES string of the molecule is Fc1ccc(CNc2cc(Br)ccc2Br)c(F)c1. The van der Waals surface area contributed by atoms with Gasteiger partial charge in [-0.3, -0.25) is 0 Å². The highest BCUT2D eigenvalue weighted by atomic mass is 79.9. The van der Waals surface area contributed by atoms with Gasteiger partial charge in [0.2, 0.25) is 0 Å². The molecule has 2 aromatic carbocycles. The van der Waals surface area contributed by atoms with E-state index in [2.05, 4.69) is 37.2 Å². The van der Waals surface area contributed by atoms with Gasteiger partial charge in [-0.2, -0.15) is 0 Å². The first-order valence-electron chi connectivity index (χ1n) is 5.19. The second-order valence-corrected chi connectivity index (χ2v) is 5.48. The molecular weight excluding hydrogens is 368 g/mol. The summed E-state index contributed by atoms with van der Waals surface area (Å²) in [4.78, 5) is 0. The van der Waals surface area contributed by atoms with Crippen LogP contribution in [0.3, 0.4) is 0 Å². The van der Waals surface area contributed by atoms with Crippen molar-refractivity contribution in [1.29, 1.82) is 0 Å². The van der Waals surface area contributed by atoms with E-state index in [0.717, 1.165) is 20.7 Å². The third kappa shape index (κ3) is 3.29. The van der Waals surface area contributed by atoms with Crippen LogP contribution in [0.1, 0.15) is 5.56 Å². The summed E-state index contributed by atoms with van der Waals surface area (Å²) in [5.41, 5.74) is 1.26. The number of benzene rings is 2. The molecule has 0 saturated carbocycles. The lowest BCUT2D eigenvalue weighted by atomic mass is 10.2. The fraction of sp³-hybridized carbons (Fsp3) is 0.0769. The Morgan fingerprint density at radius 1 is 1.00 bits per heavy atom. The van der Waals surface area contributed by atoms with Crippen LogP contribution in [0.4, 0.5) is 14.5 Å². The number of hydrogen-bond donors (Lipinski definition) is 1. The molecule has 0 fully saturated rings. The predicted molar refractivity (Wildman–Crippen MR) is 75.5 cm³/mol. The molecule has 0 bridgehead atoms. The van der Waals surface area contributed by atoms with Crippen LogP contribution in [0.25, 0.3) is 0 Å². The molecule has 0 saturated heterocycles. The van der Waals surface area contributed by atoms with Crippen molar-refractivity contribution >= 4 is 37.5 Å². The van der Waals surface area contributed by atoms with Gasteiger partial charge in [0.05, 0.1) is 0 Å². The van der Waals surface area contributed by atoms with Crippen molar-refractivity contribution in [2.24, 2.45) is 0 Å². The van der Waals surface area contributed by atoms with Crippen LogP contribution in [0.2, 0.25) is 0 Å². The molecular formula is C13H9Br2F2N. The van der Waals surface area contributed by atoms with Crippen LogP contribution < -0.4 is 5.32 Å². The molecule has 0 aliphatic rings. The van der Waals surface area contributed by atoms with E-state index in [0.29, 0.717) is 12.1 Å². The van der Waals surface area contributed by atoms with E-state index in [1.54, 1.807) is 0 Å². The van der Waals surface area contributed by atoms with Crippen molar-refractivity contribution in [2.45, 2.75) is 6.54 Å². The van der Waals surface area contributed by atoms with Gasteiger partial charge in [-0.1, -0.05) is 22.0 Å². The van der Waals surface area contributed by atoms with Crippen molar-refractivity contribution in [2.75, 3.05) is 5.32 Å². The first-order chi connectivity index (χ1) is 8.56. The predicted octanol–water partition coefficient (Wildman–Crippen LogP) is 5.10. The molecule has 18 heavy (non-hydrogen) atoms. The van der Waals surface area contributed by atoms with Crippen molar-refractivity contribution in [1.82, 2.24) is 0 Å². The molecule has 0 aliphatic heterocycles. The molecule has 0 aromatic heterocycles. The highest BCUT2D eigenvalue weighted by Gasteiger charge is 2.05. The minimum absolute atomic E-state index is 0.293. The quantitative estimate of drug-likeness (QED) is 0.785. The van der Waals surface area contributed by atoms with Crippen LogP contribution in [0.5, 0.6) is 0 Å². The average Bonchev–Trinajstić information content (AvgIpc) is 2.32. The Morgan fingerprint density at radius 3 is 2.50 bits per heavy atom. The van der Waals surface area contributed by atoms with E-state index in [4.69, 9.17) is 0 Å². The van der Waals surface area contributed by atoms with E-state index in [9.17, 15) is 8.78 Å². The zero-order chi connectivity index (χ0) is 13.1. The zero-order valence-electron chi connectivity index (χ0n) is 9.18. The largest absolute Gasteiger partial charge is 0.380 e. The third-order valence-electron chi connectivity index (χ3n) is 2.41. The number of hydrogen-bond acceptors (Lipinski definition) is 1. The molecule has 0 spiro atoms. The normalized spacial score (nSPS) is 10.4. The van der Waals surface area contributed by atoms with Gasteiger partial charge in [0, 0.05) is 32.8 Å². The Balaban J connectivity index is 2.13. The summed E-state index contributed by atoms with van der Waals surface area (Å²) in [5.74, 6) is -1.12. The molecule has 1 nitrogen and oxygen atoms in total. The first kappa shape index (κ1) is 13.5. The minimum Gasteiger partial charge on any atom is -0.380 e. The third-order valence-corrected chi connectivity index (χ3v) is 3.60. The minimum atomic E-state index is -0.570. The maximum atomic E-state index is 13.4. The molecule has 5 heteroatoms. The topological polar surface area (TPSA) is 12.0 Å². The second kappa shape index (κ2) is 5.80. The average molecular weight is 377 g/mol. The summed E-state index contributed by atoms with van der Waals surface area (Å²) in [6.07, 6.45) is 0. The Bertz CT molecular complexity index is 573. The van der Waals surface area contributed by atoms with Crippen LogP contribution in [-0.4, -0.2) is 0 Å². The molecule has 1 N–H and O–H groups in total. The summed E-state index contributed by atoms with van der Waals surface area (Å²) in [6, 6.07) is 9.22. The molecule has 0 atom stereocenters. The smallest absolute Gasteiger partial charge is 0.131 e. The maximum Gasteiger partial charge on any atom is 0.131 e. The number of nitrogens with one attached hydrogen (secondary N) is 1. The maximum absolute atomic E-state index is 13.4. The molecule has 0 aliphatic carbocycles. The Labute approximate surface area is 120 Å². The van der Waals surface area contributed by atoms with Gasteiger partial charge in [0.15, 0.2) is 0 Å². The molecule has 0 heterocycles. The van der Waals surface area contributed by atoms with Crippen LogP contribution in [0, 0.1) is 11.6 Å². The van der Waals surface area contributed by atoms with E-state index in [1.165, 1.54) is 12.1 Å². The summed E-state index contributed by atoms with van der Waals surface area (Å²) >= 11 is 6.76. The van der Waals surface area contributed by atoms with Gasteiger partial charge in [0.1, 0.15) is 11.6 Å². The zero-order valence-corrected chi connectivity index (χ0v) is 12.4. The van der Waals surface area contributed by atoms with Gasteiger partial charge in [0.25, 0.3) is 0 Å². The number of anilines is 1. The fourth-order valence-corrected chi connectivity index (χ4v) is 2.24. The summed E-state index contributed by atoms with van der Waals surface area (Å²) < 4.78 is 28.0. The Hall–Kier alpha value is -0.940. The molecule has 0 unspecified atom stereocenters. The van der Waals surface area contributed by atoms with E-state index >= 15 is 0 Å². The van der Waals surface area contributed by atoms with Crippen molar-refractivity contribution in [3.63, 3.8) is 0 Å². The van der Waals surface area contributed by atoms with Crippen LogP contribution in [-0.2, 0) is 6.54 Å². The van der Waals surface area contributed by atoms with E-state index < -0.39 is 11.6 Å². The Kier molecular flexibility index (Phi) is 4.35. The molecule has 2 rings (SSSR count).